The molecule has 0 aliphatic carbocycles. The molecule has 7 nitrogen and oxygen atoms in total. The summed E-state index contributed by atoms with van der Waals surface area (Å²) in [6.45, 7) is 10.1. The van der Waals surface area contributed by atoms with E-state index in [2.05, 4.69) is 31.2 Å². The summed E-state index contributed by atoms with van der Waals surface area (Å²) in [5.41, 5.74) is 4.35. The molecular weight excluding hydrogens is 306 g/mol. The van der Waals surface area contributed by atoms with E-state index in [4.69, 9.17) is 4.52 Å². The number of aromatic nitrogens is 3. The fourth-order valence-electron chi connectivity index (χ4n) is 3.10. The van der Waals surface area contributed by atoms with Gasteiger partial charge in [-0.3, -0.25) is 14.4 Å². The van der Waals surface area contributed by atoms with Crippen LogP contribution >= 0.6 is 0 Å². The van der Waals surface area contributed by atoms with Gasteiger partial charge in [-0.2, -0.15) is 5.10 Å². The van der Waals surface area contributed by atoms with E-state index in [1.807, 2.05) is 20.8 Å². The number of nitrogens with zero attached hydrogens (tertiary/aromatic N) is 4. The molecule has 0 bridgehead atoms. The monoisotopic (exact) mass is 331 g/mol. The van der Waals surface area contributed by atoms with Crippen LogP contribution in [0, 0.1) is 13.8 Å². The van der Waals surface area contributed by atoms with Gasteiger partial charge in [0, 0.05) is 31.6 Å². The van der Waals surface area contributed by atoms with Crippen molar-refractivity contribution in [2.75, 3.05) is 13.1 Å². The molecule has 2 aromatic heterocycles. The fraction of sp³-hybridized carbons (Fsp3) is 0.588. The van der Waals surface area contributed by atoms with Gasteiger partial charge in [0.1, 0.15) is 5.76 Å². The molecule has 24 heavy (non-hydrogen) atoms. The van der Waals surface area contributed by atoms with Gasteiger partial charge < -0.3 is 9.84 Å². The number of carbonyl (C=O) groups is 1. The zero-order chi connectivity index (χ0) is 17.1. The average Bonchev–Trinajstić information content (AvgIpc) is 3.13. The first-order valence-corrected chi connectivity index (χ1v) is 8.53. The van der Waals surface area contributed by atoms with Crippen LogP contribution in [-0.2, 0) is 30.8 Å². The van der Waals surface area contributed by atoms with Crippen LogP contribution in [0.1, 0.15) is 41.8 Å². The lowest BCUT2D eigenvalue weighted by Gasteiger charge is -2.27. The predicted octanol–water partition coefficient (Wildman–Crippen LogP) is 1.57. The van der Waals surface area contributed by atoms with Crippen molar-refractivity contribution in [2.45, 2.75) is 53.2 Å². The molecule has 0 radical (unpaired) electrons. The highest BCUT2D eigenvalue weighted by molar-refractivity contribution is 5.75. The van der Waals surface area contributed by atoms with Gasteiger partial charge in [0.05, 0.1) is 30.2 Å². The zero-order valence-electron chi connectivity index (χ0n) is 14.6. The SMILES string of the molecule is CCC(=O)NCc1cc2n(n1)CCN(CCc1c(C)noc1C)C2. The Balaban J connectivity index is 1.56. The molecule has 0 fully saturated rings. The minimum Gasteiger partial charge on any atom is -0.361 e. The maximum atomic E-state index is 11.4. The van der Waals surface area contributed by atoms with Crippen molar-refractivity contribution in [1.29, 1.82) is 0 Å². The zero-order valence-corrected chi connectivity index (χ0v) is 14.6. The number of aryl methyl sites for hydroxylation is 2. The second kappa shape index (κ2) is 7.17. The van der Waals surface area contributed by atoms with Gasteiger partial charge in [0.2, 0.25) is 5.91 Å². The van der Waals surface area contributed by atoms with Gasteiger partial charge >= 0.3 is 0 Å². The van der Waals surface area contributed by atoms with Crippen molar-refractivity contribution in [3.8, 4) is 0 Å². The molecule has 0 aromatic carbocycles. The first-order chi connectivity index (χ1) is 11.6. The third-order valence-electron chi connectivity index (χ3n) is 4.57. The Labute approximate surface area is 142 Å². The van der Waals surface area contributed by atoms with E-state index in [0.717, 1.165) is 49.7 Å². The number of fused-ring (bicyclic) bond motifs is 1. The third kappa shape index (κ3) is 3.67. The van der Waals surface area contributed by atoms with Gasteiger partial charge in [0.25, 0.3) is 0 Å². The smallest absolute Gasteiger partial charge is 0.220 e. The van der Waals surface area contributed by atoms with Crippen LogP contribution < -0.4 is 5.32 Å². The van der Waals surface area contributed by atoms with Crippen molar-refractivity contribution in [1.82, 2.24) is 25.2 Å². The molecule has 3 rings (SSSR count). The molecule has 1 N–H and O–H groups in total. The van der Waals surface area contributed by atoms with Crippen LogP contribution in [0.4, 0.5) is 0 Å². The molecule has 1 aliphatic heterocycles. The normalized spacial score (nSPS) is 14.6. The lowest BCUT2D eigenvalue weighted by atomic mass is 10.1. The highest BCUT2D eigenvalue weighted by Gasteiger charge is 2.19. The first-order valence-electron chi connectivity index (χ1n) is 8.53. The number of carbonyl (C=O) groups excluding carboxylic acids is 1. The Morgan fingerprint density at radius 1 is 1.38 bits per heavy atom. The van der Waals surface area contributed by atoms with Crippen LogP contribution in [0.5, 0.6) is 0 Å². The molecule has 7 heteroatoms. The Morgan fingerprint density at radius 2 is 2.21 bits per heavy atom. The van der Waals surface area contributed by atoms with Crippen LogP contribution in [0.2, 0.25) is 0 Å². The summed E-state index contributed by atoms with van der Waals surface area (Å²) in [4.78, 5) is 13.8. The lowest BCUT2D eigenvalue weighted by Crippen LogP contribution is -2.35. The lowest BCUT2D eigenvalue weighted by molar-refractivity contribution is -0.120. The molecule has 0 spiro atoms. The number of rotatable bonds is 6. The van der Waals surface area contributed by atoms with E-state index in [1.165, 1.54) is 11.3 Å². The quantitative estimate of drug-likeness (QED) is 0.869. The molecule has 0 atom stereocenters. The van der Waals surface area contributed by atoms with E-state index >= 15 is 0 Å². The van der Waals surface area contributed by atoms with Crippen LogP contribution in [0.15, 0.2) is 10.6 Å². The minimum absolute atomic E-state index is 0.0575. The second-order valence-electron chi connectivity index (χ2n) is 6.31. The van der Waals surface area contributed by atoms with Crippen LogP contribution in [0.3, 0.4) is 0 Å². The maximum Gasteiger partial charge on any atom is 0.220 e. The number of hydrogen-bond donors (Lipinski definition) is 1. The largest absolute Gasteiger partial charge is 0.361 e. The third-order valence-corrected chi connectivity index (χ3v) is 4.57. The molecule has 0 saturated heterocycles. The van der Waals surface area contributed by atoms with E-state index < -0.39 is 0 Å². The Bertz CT molecular complexity index is 699. The van der Waals surface area contributed by atoms with E-state index in [-0.39, 0.29) is 5.91 Å². The van der Waals surface area contributed by atoms with Crippen molar-refractivity contribution in [3.05, 3.63) is 34.5 Å². The highest BCUT2D eigenvalue weighted by Crippen LogP contribution is 2.17. The van der Waals surface area contributed by atoms with Crippen LogP contribution in [-0.4, -0.2) is 38.8 Å². The average molecular weight is 331 g/mol. The second-order valence-corrected chi connectivity index (χ2v) is 6.31. The Kier molecular flexibility index (Phi) is 4.99. The first kappa shape index (κ1) is 16.7. The predicted molar refractivity (Wildman–Crippen MR) is 89.3 cm³/mol. The molecular formula is C17H25N5O2. The van der Waals surface area contributed by atoms with Gasteiger partial charge in [-0.05, 0) is 26.3 Å². The minimum atomic E-state index is 0.0575. The van der Waals surface area contributed by atoms with Crippen molar-refractivity contribution in [3.63, 3.8) is 0 Å². The van der Waals surface area contributed by atoms with Gasteiger partial charge in [-0.15, -0.1) is 0 Å². The molecule has 0 unspecified atom stereocenters. The van der Waals surface area contributed by atoms with Crippen molar-refractivity contribution in [2.24, 2.45) is 0 Å². The van der Waals surface area contributed by atoms with E-state index in [9.17, 15) is 4.79 Å². The van der Waals surface area contributed by atoms with Crippen molar-refractivity contribution >= 4 is 5.91 Å². The number of nitrogens with one attached hydrogen (secondary N) is 1. The summed E-state index contributed by atoms with van der Waals surface area (Å²) in [6, 6.07) is 2.10. The molecule has 1 amide bonds. The van der Waals surface area contributed by atoms with E-state index in [0.29, 0.717) is 13.0 Å². The molecule has 0 saturated carbocycles. The fourth-order valence-corrected chi connectivity index (χ4v) is 3.10. The maximum absolute atomic E-state index is 11.4. The Morgan fingerprint density at radius 3 is 2.92 bits per heavy atom. The standard InChI is InChI=1S/C17H25N5O2/c1-4-17(23)18-10-14-9-15-11-21(7-8-22(15)19-14)6-5-16-12(2)20-24-13(16)3/h9H,4-8,10-11H2,1-3H3,(H,18,23). The van der Waals surface area contributed by atoms with Crippen LogP contribution in [0.25, 0.3) is 0 Å². The Hall–Kier alpha value is -2.15. The van der Waals surface area contributed by atoms with Gasteiger partial charge in [-0.25, -0.2) is 0 Å². The molecule has 1 aliphatic rings. The molecule has 130 valence electrons. The van der Waals surface area contributed by atoms with Gasteiger partial charge in [0.15, 0.2) is 0 Å². The highest BCUT2D eigenvalue weighted by atomic mass is 16.5. The summed E-state index contributed by atoms with van der Waals surface area (Å²) in [7, 11) is 0. The summed E-state index contributed by atoms with van der Waals surface area (Å²) in [5, 5.41) is 11.5. The molecule has 3 heterocycles. The van der Waals surface area contributed by atoms with Gasteiger partial charge in [-0.1, -0.05) is 12.1 Å². The summed E-state index contributed by atoms with van der Waals surface area (Å²) >= 11 is 0. The topological polar surface area (TPSA) is 76.2 Å². The number of hydrogen-bond acceptors (Lipinski definition) is 5. The summed E-state index contributed by atoms with van der Waals surface area (Å²) < 4.78 is 7.29. The summed E-state index contributed by atoms with van der Waals surface area (Å²) in [6.07, 6.45) is 1.46. The number of amides is 1. The molecule has 2 aromatic rings. The van der Waals surface area contributed by atoms with E-state index in [1.54, 1.807) is 0 Å². The summed E-state index contributed by atoms with van der Waals surface area (Å²) in [5.74, 6) is 0.977. The van der Waals surface area contributed by atoms with Crippen molar-refractivity contribution < 1.29 is 9.32 Å².